The standard InChI is InChI=1S/C19H20ClN5O.2ClH/c1-21-18(26)19(8-3-9-22-12-19)16-5-2-4-14(24-16)15-10-23-17-7-6-13(20)11-25(15)17;;/h2,4-7,10-11,22H,3,8-9,12H2,1H3,(H,21,26);2*1H. The third-order valence-corrected chi connectivity index (χ3v) is 5.24. The van der Waals surface area contributed by atoms with Crippen molar-refractivity contribution >= 4 is 48.0 Å². The minimum atomic E-state index is -0.652. The molecule has 1 amide bonds. The largest absolute Gasteiger partial charge is 0.358 e. The second-order valence-electron chi connectivity index (χ2n) is 6.57. The third-order valence-electron chi connectivity index (χ3n) is 5.02. The van der Waals surface area contributed by atoms with Gasteiger partial charge in [0.2, 0.25) is 5.91 Å². The molecule has 0 radical (unpaired) electrons. The number of carbonyl (C=O) groups excluding carboxylic acids is 1. The normalized spacial score (nSPS) is 18.8. The number of nitrogens with one attached hydrogen (secondary N) is 2. The van der Waals surface area contributed by atoms with Crippen LogP contribution < -0.4 is 10.6 Å². The maximum atomic E-state index is 12.7. The third kappa shape index (κ3) is 3.82. The quantitative estimate of drug-likeness (QED) is 0.653. The van der Waals surface area contributed by atoms with Crippen LogP contribution in [0.25, 0.3) is 17.0 Å². The molecule has 4 rings (SSSR count). The van der Waals surface area contributed by atoms with E-state index in [1.54, 1.807) is 13.2 Å². The Balaban J connectivity index is 0.00000140. The molecule has 1 aliphatic rings. The highest BCUT2D eigenvalue weighted by Crippen LogP contribution is 2.32. The van der Waals surface area contributed by atoms with E-state index in [1.165, 1.54) is 0 Å². The fraction of sp³-hybridized carbons (Fsp3) is 0.316. The zero-order valence-corrected chi connectivity index (χ0v) is 17.7. The van der Waals surface area contributed by atoms with Gasteiger partial charge in [0, 0.05) is 19.8 Å². The summed E-state index contributed by atoms with van der Waals surface area (Å²) >= 11 is 6.14. The van der Waals surface area contributed by atoms with Crippen LogP contribution in [0.1, 0.15) is 18.5 Å². The van der Waals surface area contributed by atoms with Crippen LogP contribution >= 0.6 is 36.4 Å². The number of rotatable bonds is 3. The molecule has 0 aromatic carbocycles. The summed E-state index contributed by atoms with van der Waals surface area (Å²) in [6.45, 7) is 1.51. The zero-order valence-electron chi connectivity index (χ0n) is 15.3. The Bertz CT molecular complexity index is 969. The first-order valence-corrected chi connectivity index (χ1v) is 9.05. The number of pyridine rings is 2. The summed E-state index contributed by atoms with van der Waals surface area (Å²) in [7, 11) is 1.68. The van der Waals surface area contributed by atoms with Gasteiger partial charge in [0.1, 0.15) is 11.1 Å². The Morgan fingerprint density at radius 3 is 2.82 bits per heavy atom. The van der Waals surface area contributed by atoms with Crippen LogP contribution in [0, 0.1) is 0 Å². The number of piperidine rings is 1. The predicted octanol–water partition coefficient (Wildman–Crippen LogP) is 3.26. The summed E-state index contributed by atoms with van der Waals surface area (Å²) in [4.78, 5) is 22.0. The summed E-state index contributed by atoms with van der Waals surface area (Å²) in [5, 5.41) is 6.79. The molecule has 1 atom stereocenters. The fourth-order valence-corrected chi connectivity index (χ4v) is 3.82. The van der Waals surface area contributed by atoms with Gasteiger partial charge in [0.05, 0.1) is 28.3 Å². The molecule has 4 heterocycles. The molecule has 3 aromatic heterocycles. The molecule has 6 nitrogen and oxygen atoms in total. The molecule has 2 N–H and O–H groups in total. The highest BCUT2D eigenvalue weighted by atomic mass is 35.5. The van der Waals surface area contributed by atoms with Crippen molar-refractivity contribution in [3.8, 4) is 11.4 Å². The van der Waals surface area contributed by atoms with Crippen LogP contribution in [0.15, 0.2) is 42.7 Å². The zero-order chi connectivity index (χ0) is 18.1. The molecule has 1 saturated heterocycles. The Kier molecular flexibility index (Phi) is 7.28. The van der Waals surface area contributed by atoms with Crippen molar-refractivity contribution in [1.82, 2.24) is 25.0 Å². The maximum Gasteiger partial charge on any atom is 0.233 e. The van der Waals surface area contributed by atoms with E-state index >= 15 is 0 Å². The van der Waals surface area contributed by atoms with Crippen molar-refractivity contribution < 1.29 is 4.79 Å². The van der Waals surface area contributed by atoms with Gasteiger partial charge in [-0.3, -0.25) is 14.2 Å². The SMILES string of the molecule is CNC(=O)C1(c2cccc(-c3cnc4ccc(Cl)cn34)n2)CCCNC1.Cl.Cl. The van der Waals surface area contributed by atoms with Gasteiger partial charge in [0.15, 0.2) is 0 Å². The highest BCUT2D eigenvalue weighted by molar-refractivity contribution is 6.30. The molecular weight excluding hydrogens is 421 g/mol. The maximum absolute atomic E-state index is 12.7. The van der Waals surface area contributed by atoms with Gasteiger partial charge in [-0.2, -0.15) is 0 Å². The number of carbonyl (C=O) groups is 1. The van der Waals surface area contributed by atoms with E-state index in [9.17, 15) is 4.79 Å². The molecule has 1 aliphatic heterocycles. The number of halogens is 3. The lowest BCUT2D eigenvalue weighted by Crippen LogP contribution is -2.53. The lowest BCUT2D eigenvalue weighted by atomic mass is 9.76. The van der Waals surface area contributed by atoms with Crippen molar-refractivity contribution in [3.05, 3.63) is 53.4 Å². The number of hydrogen-bond donors (Lipinski definition) is 2. The second kappa shape index (κ2) is 9.09. The number of hydrogen-bond acceptors (Lipinski definition) is 4. The molecule has 0 spiro atoms. The number of imidazole rings is 1. The smallest absolute Gasteiger partial charge is 0.233 e. The molecule has 28 heavy (non-hydrogen) atoms. The first-order chi connectivity index (χ1) is 12.6. The molecule has 3 aromatic rings. The van der Waals surface area contributed by atoms with Gasteiger partial charge in [-0.05, 0) is 43.7 Å². The Hall–Kier alpha value is -1.86. The first-order valence-electron chi connectivity index (χ1n) is 8.67. The molecule has 0 saturated carbocycles. The molecular formula is C19H22Cl3N5O. The summed E-state index contributed by atoms with van der Waals surface area (Å²) in [6, 6.07) is 9.49. The molecule has 0 aliphatic carbocycles. The molecule has 1 fully saturated rings. The van der Waals surface area contributed by atoms with Crippen molar-refractivity contribution in [2.45, 2.75) is 18.3 Å². The molecule has 1 unspecified atom stereocenters. The summed E-state index contributed by atoms with van der Waals surface area (Å²) in [5.74, 6) is -0.00413. The van der Waals surface area contributed by atoms with Gasteiger partial charge in [0.25, 0.3) is 0 Å². The number of aromatic nitrogens is 3. The van der Waals surface area contributed by atoms with Gasteiger partial charge in [-0.1, -0.05) is 17.7 Å². The van der Waals surface area contributed by atoms with Crippen molar-refractivity contribution in [2.24, 2.45) is 0 Å². The van der Waals surface area contributed by atoms with E-state index in [4.69, 9.17) is 16.6 Å². The fourth-order valence-electron chi connectivity index (χ4n) is 3.66. The van der Waals surface area contributed by atoms with E-state index in [1.807, 2.05) is 40.9 Å². The van der Waals surface area contributed by atoms with E-state index in [-0.39, 0.29) is 30.7 Å². The van der Waals surface area contributed by atoms with Gasteiger partial charge >= 0.3 is 0 Å². The van der Waals surface area contributed by atoms with Crippen LogP contribution in [0.4, 0.5) is 0 Å². The van der Waals surface area contributed by atoms with Crippen LogP contribution in [0.5, 0.6) is 0 Å². The Morgan fingerprint density at radius 2 is 2.11 bits per heavy atom. The molecule has 150 valence electrons. The summed E-state index contributed by atoms with van der Waals surface area (Å²) < 4.78 is 1.92. The average molecular weight is 443 g/mol. The van der Waals surface area contributed by atoms with Crippen molar-refractivity contribution in [1.29, 1.82) is 0 Å². The second-order valence-corrected chi connectivity index (χ2v) is 7.01. The van der Waals surface area contributed by atoms with E-state index in [2.05, 4.69) is 15.6 Å². The lowest BCUT2D eigenvalue weighted by Gasteiger charge is -2.35. The minimum absolute atomic E-state index is 0. The summed E-state index contributed by atoms with van der Waals surface area (Å²) in [6.07, 6.45) is 5.31. The lowest BCUT2D eigenvalue weighted by molar-refractivity contribution is -0.127. The van der Waals surface area contributed by atoms with E-state index in [0.717, 1.165) is 42.1 Å². The van der Waals surface area contributed by atoms with E-state index in [0.29, 0.717) is 11.6 Å². The monoisotopic (exact) mass is 441 g/mol. The van der Waals surface area contributed by atoms with E-state index < -0.39 is 5.41 Å². The van der Waals surface area contributed by atoms with Crippen LogP contribution in [-0.2, 0) is 10.2 Å². The van der Waals surface area contributed by atoms with Crippen molar-refractivity contribution in [2.75, 3.05) is 20.1 Å². The van der Waals surface area contributed by atoms with Crippen molar-refractivity contribution in [3.63, 3.8) is 0 Å². The number of fused-ring (bicyclic) bond motifs is 1. The predicted molar refractivity (Wildman–Crippen MR) is 116 cm³/mol. The van der Waals surface area contributed by atoms with Gasteiger partial charge in [-0.25, -0.2) is 4.98 Å². The van der Waals surface area contributed by atoms with Gasteiger partial charge < -0.3 is 10.6 Å². The Labute approximate surface area is 180 Å². The molecule has 9 heteroatoms. The average Bonchev–Trinajstić information content (AvgIpc) is 3.11. The number of nitrogens with zero attached hydrogens (tertiary/aromatic N) is 3. The first kappa shape index (κ1) is 22.4. The molecule has 0 bridgehead atoms. The summed E-state index contributed by atoms with van der Waals surface area (Å²) in [5.41, 5.74) is 2.54. The number of amides is 1. The minimum Gasteiger partial charge on any atom is -0.358 e. The number of likely N-dealkylation sites (N-methyl/N-ethyl adjacent to an activating group) is 1. The van der Waals surface area contributed by atoms with Crippen LogP contribution in [0.3, 0.4) is 0 Å². The highest BCUT2D eigenvalue weighted by Gasteiger charge is 2.42. The Morgan fingerprint density at radius 1 is 1.29 bits per heavy atom. The van der Waals surface area contributed by atoms with Crippen LogP contribution in [-0.4, -0.2) is 40.4 Å². The topological polar surface area (TPSA) is 71.3 Å². The van der Waals surface area contributed by atoms with Gasteiger partial charge in [-0.15, -0.1) is 24.8 Å². The van der Waals surface area contributed by atoms with Crippen LogP contribution in [0.2, 0.25) is 5.02 Å².